The number of anilines is 1. The maximum Gasteiger partial charge on any atom is 0.255 e. The van der Waals surface area contributed by atoms with Gasteiger partial charge in [0.1, 0.15) is 28.9 Å². The second-order valence-electron chi connectivity index (χ2n) is 20.9. The van der Waals surface area contributed by atoms with E-state index in [2.05, 4.69) is 78.4 Å². The predicted octanol–water partition coefficient (Wildman–Crippen LogP) is 18.0. The molecule has 5 nitrogen and oxygen atoms in total. The van der Waals surface area contributed by atoms with Gasteiger partial charge in [0.05, 0.1) is 19.6 Å². The summed E-state index contributed by atoms with van der Waals surface area (Å²) in [4.78, 5) is 13.6. The number of carbonyl (C=O) groups excluding carboxylic acids is 1. The Morgan fingerprint density at radius 3 is 1.91 bits per heavy atom. The Kier molecular flexibility index (Phi) is 13.3. The Balaban J connectivity index is 0.864. The topological polar surface area (TPSA) is 56.8 Å². The van der Waals surface area contributed by atoms with E-state index in [-0.39, 0.29) is 11.3 Å². The molecule has 1 heterocycles. The number of carbonyl (C=O) groups is 1. The Labute approximate surface area is 441 Å². The first kappa shape index (κ1) is 49.2. The van der Waals surface area contributed by atoms with E-state index in [1.165, 1.54) is 63.0 Å². The molecule has 8 aromatic carbocycles. The maximum atomic E-state index is 16.8. The van der Waals surface area contributed by atoms with Crippen LogP contribution in [0.5, 0.6) is 17.2 Å². The summed E-state index contributed by atoms with van der Waals surface area (Å²) < 4.78 is 51.6. The van der Waals surface area contributed by atoms with Crippen molar-refractivity contribution in [2.45, 2.75) is 89.1 Å². The Morgan fingerprint density at radius 1 is 0.703 bits per heavy atom. The molecule has 1 N–H and O–H groups in total. The summed E-state index contributed by atoms with van der Waals surface area (Å²) in [7, 11) is 3.24. The molecule has 1 fully saturated rings. The van der Waals surface area contributed by atoms with Crippen LogP contribution in [0.15, 0.2) is 156 Å². The van der Waals surface area contributed by atoms with Crippen LogP contribution in [0.3, 0.4) is 0 Å². The Hall–Kier alpha value is -7.03. The quantitative estimate of drug-likeness (QED) is 0.117. The standard InChI is InChI=1S/C66H60BrF2NO4/c1-6-7-8-9-40-10-12-41(13-11-40)42-14-16-43(17-15-42)44-18-20-46(21-19-44)64(71)70-51-28-22-45(23-29-51)47-36-56-59-55-38-50(68)39-58(69)60(55)63-54(62(59)65(2,3)61(56)57(67)37-47)34-35-66(74-63,48-24-30-52(72-4)31-25-48)49-26-32-53(73-5)33-27-49/h14-41H,6-13H2,1-5H3,(H,70,71). The van der Waals surface area contributed by atoms with Crippen LogP contribution in [0.25, 0.3) is 50.2 Å². The third-order valence-corrected chi connectivity index (χ3v) is 16.7. The fourth-order valence-corrected chi connectivity index (χ4v) is 13.1. The summed E-state index contributed by atoms with van der Waals surface area (Å²) in [6.45, 7) is 6.58. The lowest BCUT2D eigenvalue weighted by atomic mass is 9.76. The van der Waals surface area contributed by atoms with Gasteiger partial charge in [0, 0.05) is 43.9 Å². The minimum atomic E-state index is -1.19. The zero-order valence-electron chi connectivity index (χ0n) is 42.6. The average Bonchev–Trinajstić information content (AvgIpc) is 3.68. The van der Waals surface area contributed by atoms with Crippen molar-refractivity contribution in [3.63, 3.8) is 0 Å². The molecule has 374 valence electrons. The number of fused-ring (bicyclic) bond motifs is 8. The fourth-order valence-electron chi connectivity index (χ4n) is 12.2. The van der Waals surface area contributed by atoms with Crippen LogP contribution in [0.1, 0.15) is 122 Å². The molecule has 1 aliphatic heterocycles. The third-order valence-electron chi connectivity index (χ3n) is 16.1. The number of rotatable bonds is 13. The first-order valence-electron chi connectivity index (χ1n) is 26.0. The predicted molar refractivity (Wildman–Crippen MR) is 300 cm³/mol. The lowest BCUT2D eigenvalue weighted by Crippen LogP contribution is -2.35. The third kappa shape index (κ3) is 8.89. The van der Waals surface area contributed by atoms with E-state index in [0.717, 1.165) is 77.7 Å². The highest BCUT2D eigenvalue weighted by molar-refractivity contribution is 9.10. The van der Waals surface area contributed by atoms with E-state index < -0.39 is 22.7 Å². The molecule has 1 amide bonds. The molecule has 0 spiro atoms. The van der Waals surface area contributed by atoms with Crippen molar-refractivity contribution >= 4 is 44.4 Å². The summed E-state index contributed by atoms with van der Waals surface area (Å²) in [6, 6.07) is 46.4. The minimum absolute atomic E-state index is 0.193. The number of benzene rings is 8. The number of methoxy groups -OCH3 is 2. The van der Waals surface area contributed by atoms with E-state index >= 15 is 8.78 Å². The molecule has 1 saturated carbocycles. The van der Waals surface area contributed by atoms with Gasteiger partial charge in [-0.3, -0.25) is 4.79 Å². The molecular weight excluding hydrogens is 989 g/mol. The van der Waals surface area contributed by atoms with Crippen LogP contribution in [0.2, 0.25) is 0 Å². The number of hydrogen-bond donors (Lipinski definition) is 1. The molecule has 3 aliphatic rings. The zero-order chi connectivity index (χ0) is 51.3. The monoisotopic (exact) mass is 1050 g/mol. The Morgan fingerprint density at radius 2 is 1.30 bits per heavy atom. The van der Waals surface area contributed by atoms with E-state index in [1.807, 2.05) is 109 Å². The van der Waals surface area contributed by atoms with Gasteiger partial charge in [-0.1, -0.05) is 141 Å². The van der Waals surface area contributed by atoms with Crippen molar-refractivity contribution in [1.82, 2.24) is 0 Å². The minimum Gasteiger partial charge on any atom is -0.497 e. The highest BCUT2D eigenvalue weighted by Gasteiger charge is 2.46. The maximum absolute atomic E-state index is 16.8. The molecule has 0 radical (unpaired) electrons. The van der Waals surface area contributed by atoms with E-state index in [1.54, 1.807) is 14.2 Å². The smallest absolute Gasteiger partial charge is 0.255 e. The van der Waals surface area contributed by atoms with Crippen molar-refractivity contribution in [2.24, 2.45) is 5.92 Å². The van der Waals surface area contributed by atoms with Crippen LogP contribution in [0.4, 0.5) is 14.5 Å². The average molecular weight is 1050 g/mol. The first-order chi connectivity index (χ1) is 35.9. The van der Waals surface area contributed by atoms with Crippen molar-refractivity contribution < 1.29 is 27.8 Å². The molecule has 8 aromatic rings. The number of nitrogens with one attached hydrogen (secondary N) is 1. The molecule has 0 bridgehead atoms. The van der Waals surface area contributed by atoms with E-state index in [4.69, 9.17) is 14.2 Å². The van der Waals surface area contributed by atoms with Crippen molar-refractivity contribution in [1.29, 1.82) is 0 Å². The van der Waals surface area contributed by atoms with Gasteiger partial charge < -0.3 is 19.5 Å². The van der Waals surface area contributed by atoms with Crippen molar-refractivity contribution in [3.05, 3.63) is 207 Å². The van der Waals surface area contributed by atoms with Gasteiger partial charge in [-0.15, -0.1) is 0 Å². The Bertz CT molecular complexity index is 3380. The highest BCUT2D eigenvalue weighted by atomic mass is 79.9. The van der Waals surface area contributed by atoms with Crippen LogP contribution in [0, 0.1) is 17.6 Å². The number of unbranched alkanes of at least 4 members (excludes halogenated alkanes) is 2. The molecule has 0 unspecified atom stereocenters. The molecule has 2 aliphatic carbocycles. The van der Waals surface area contributed by atoms with Crippen LogP contribution < -0.4 is 19.5 Å². The van der Waals surface area contributed by atoms with Gasteiger partial charge in [-0.2, -0.15) is 0 Å². The van der Waals surface area contributed by atoms with Gasteiger partial charge in [0.2, 0.25) is 0 Å². The normalized spacial score (nSPS) is 17.0. The lowest BCUT2D eigenvalue weighted by Gasteiger charge is -2.38. The summed E-state index contributed by atoms with van der Waals surface area (Å²) in [6.07, 6.45) is 14.7. The SMILES string of the molecule is CCCCCC1CCC(c2ccc(-c3ccc(C(=O)Nc4ccc(-c5cc(Br)c6c(c5)-c5c(c7c(c8c(F)cc(F)cc58)OC(c5ccc(OC)cc5)(c5ccc(OC)cc5)C=C7)C6(C)C)cc4)cc3)cc2)CC1. The second-order valence-corrected chi connectivity index (χ2v) is 21.7. The molecule has 0 atom stereocenters. The largest absolute Gasteiger partial charge is 0.497 e. The molecule has 74 heavy (non-hydrogen) atoms. The molecule has 0 saturated heterocycles. The number of halogens is 3. The number of hydrogen-bond acceptors (Lipinski definition) is 4. The van der Waals surface area contributed by atoms with Gasteiger partial charge in [-0.05, 0) is 166 Å². The van der Waals surface area contributed by atoms with Crippen LogP contribution >= 0.6 is 15.9 Å². The summed E-state index contributed by atoms with van der Waals surface area (Å²) in [5, 5.41) is 3.70. The van der Waals surface area contributed by atoms with E-state index in [0.29, 0.717) is 39.8 Å². The molecular formula is C66H60BrF2NO4. The van der Waals surface area contributed by atoms with Crippen LogP contribution in [-0.2, 0) is 11.0 Å². The first-order valence-corrected chi connectivity index (χ1v) is 26.8. The number of amides is 1. The molecule has 0 aromatic heterocycles. The number of ether oxygens (including phenoxy) is 3. The fraction of sp³-hybridized carbons (Fsp3) is 0.258. The zero-order valence-corrected chi connectivity index (χ0v) is 44.2. The van der Waals surface area contributed by atoms with E-state index in [9.17, 15) is 4.79 Å². The second kappa shape index (κ2) is 20.0. The van der Waals surface area contributed by atoms with Gasteiger partial charge >= 0.3 is 0 Å². The summed E-state index contributed by atoms with van der Waals surface area (Å²) in [5.74, 6) is 1.66. The van der Waals surface area contributed by atoms with Crippen molar-refractivity contribution in [3.8, 4) is 50.6 Å². The summed E-state index contributed by atoms with van der Waals surface area (Å²) >= 11 is 3.97. The molecule has 11 rings (SSSR count). The van der Waals surface area contributed by atoms with Gasteiger partial charge in [-0.25, -0.2) is 8.78 Å². The van der Waals surface area contributed by atoms with Crippen LogP contribution in [-0.4, -0.2) is 20.1 Å². The van der Waals surface area contributed by atoms with Gasteiger partial charge in [0.15, 0.2) is 5.60 Å². The van der Waals surface area contributed by atoms with Gasteiger partial charge in [0.25, 0.3) is 5.91 Å². The molecule has 8 heteroatoms. The summed E-state index contributed by atoms with van der Waals surface area (Å²) in [5.41, 5.74) is 10.8. The lowest BCUT2D eigenvalue weighted by molar-refractivity contribution is 0.102. The highest BCUT2D eigenvalue weighted by Crippen LogP contribution is 2.60. The van der Waals surface area contributed by atoms with Crippen molar-refractivity contribution in [2.75, 3.05) is 19.5 Å².